The van der Waals surface area contributed by atoms with Gasteiger partial charge in [0.15, 0.2) is 6.61 Å². The highest BCUT2D eigenvalue weighted by Gasteiger charge is 2.27. The number of likely N-dealkylation sites (tertiary alicyclic amines) is 1. The molecule has 0 radical (unpaired) electrons. The second kappa shape index (κ2) is 10.8. The van der Waals surface area contributed by atoms with Gasteiger partial charge in [-0.2, -0.15) is 0 Å². The third-order valence-corrected chi connectivity index (χ3v) is 5.25. The monoisotopic (exact) mass is 427 g/mol. The molecule has 166 valence electrons. The van der Waals surface area contributed by atoms with E-state index >= 15 is 0 Å². The van der Waals surface area contributed by atoms with Crippen LogP contribution in [0.3, 0.4) is 0 Å². The van der Waals surface area contributed by atoms with E-state index in [2.05, 4.69) is 10.2 Å². The molecule has 2 aromatic carbocycles. The van der Waals surface area contributed by atoms with Crippen LogP contribution in [0.25, 0.3) is 0 Å². The van der Waals surface area contributed by atoms with Crippen molar-refractivity contribution in [2.75, 3.05) is 26.8 Å². The highest BCUT2D eigenvalue weighted by Crippen LogP contribution is 2.19. The Morgan fingerprint density at radius 1 is 1.19 bits per heavy atom. The van der Waals surface area contributed by atoms with Gasteiger partial charge in [0, 0.05) is 18.7 Å². The maximum absolute atomic E-state index is 12.7. The average molecular weight is 428 g/mol. The number of benzene rings is 2. The molecule has 2 amide bonds. The van der Waals surface area contributed by atoms with Crippen LogP contribution in [-0.2, 0) is 11.3 Å². The van der Waals surface area contributed by atoms with Crippen LogP contribution in [0.1, 0.15) is 28.8 Å². The Bertz CT molecular complexity index is 887. The fourth-order valence-corrected chi connectivity index (χ4v) is 3.64. The van der Waals surface area contributed by atoms with E-state index in [1.54, 1.807) is 31.4 Å². The van der Waals surface area contributed by atoms with Gasteiger partial charge in [-0.15, -0.1) is 0 Å². The fraction of sp³-hybridized carbons (Fsp3) is 0.391. The molecule has 0 unspecified atom stereocenters. The van der Waals surface area contributed by atoms with E-state index in [1.165, 1.54) is 0 Å². The van der Waals surface area contributed by atoms with Gasteiger partial charge in [-0.05, 0) is 61.3 Å². The Kier molecular flexibility index (Phi) is 7.86. The number of aliphatic hydroxyl groups excluding tert-OH is 1. The molecule has 1 aliphatic heterocycles. The van der Waals surface area contributed by atoms with E-state index in [9.17, 15) is 14.7 Å². The molecule has 8 heteroatoms. The van der Waals surface area contributed by atoms with Crippen molar-refractivity contribution in [3.8, 4) is 11.5 Å². The van der Waals surface area contributed by atoms with Gasteiger partial charge in [-0.3, -0.25) is 14.5 Å². The third kappa shape index (κ3) is 6.70. The van der Waals surface area contributed by atoms with Crippen LogP contribution in [0, 0.1) is 0 Å². The molecular formula is C23H29N3O5. The molecule has 1 fully saturated rings. The van der Waals surface area contributed by atoms with Crippen molar-refractivity contribution < 1.29 is 24.2 Å². The summed E-state index contributed by atoms with van der Waals surface area (Å²) < 4.78 is 10.5. The molecule has 0 spiro atoms. The Balaban J connectivity index is 1.61. The predicted molar refractivity (Wildman–Crippen MR) is 116 cm³/mol. The molecule has 0 aliphatic carbocycles. The number of primary amides is 1. The van der Waals surface area contributed by atoms with Gasteiger partial charge in [0.1, 0.15) is 11.5 Å². The van der Waals surface area contributed by atoms with Gasteiger partial charge >= 0.3 is 0 Å². The van der Waals surface area contributed by atoms with Crippen molar-refractivity contribution in [3.63, 3.8) is 0 Å². The first kappa shape index (κ1) is 22.6. The minimum atomic E-state index is -0.613. The Morgan fingerprint density at radius 3 is 2.68 bits per heavy atom. The normalized spacial score (nSPS) is 19.3. The summed E-state index contributed by atoms with van der Waals surface area (Å²) in [6, 6.07) is 14.0. The second-order valence-electron chi connectivity index (χ2n) is 7.66. The van der Waals surface area contributed by atoms with Crippen LogP contribution < -0.4 is 20.5 Å². The van der Waals surface area contributed by atoms with Crippen LogP contribution in [0.2, 0.25) is 0 Å². The SMILES string of the molecule is COc1cccc(CN2CCC[C@@H](O)[C@H](NC(=O)c3ccc(OCC(N)=O)cc3)C2)c1. The first-order chi connectivity index (χ1) is 14.9. The number of carbonyl (C=O) groups is 2. The van der Waals surface area contributed by atoms with Gasteiger partial charge in [-0.25, -0.2) is 0 Å². The lowest BCUT2D eigenvalue weighted by Crippen LogP contribution is -2.48. The van der Waals surface area contributed by atoms with Crippen molar-refractivity contribution in [3.05, 3.63) is 59.7 Å². The molecule has 3 rings (SSSR count). The highest BCUT2D eigenvalue weighted by atomic mass is 16.5. The van der Waals surface area contributed by atoms with Crippen molar-refractivity contribution in [2.24, 2.45) is 5.73 Å². The zero-order valence-corrected chi connectivity index (χ0v) is 17.6. The van der Waals surface area contributed by atoms with Gasteiger partial charge in [0.25, 0.3) is 11.8 Å². The zero-order valence-electron chi connectivity index (χ0n) is 17.6. The molecule has 31 heavy (non-hydrogen) atoms. The van der Waals surface area contributed by atoms with Crippen molar-refractivity contribution in [1.82, 2.24) is 10.2 Å². The fourth-order valence-electron chi connectivity index (χ4n) is 3.64. The van der Waals surface area contributed by atoms with E-state index in [0.29, 0.717) is 30.8 Å². The van der Waals surface area contributed by atoms with Crippen LogP contribution >= 0.6 is 0 Å². The number of nitrogens with zero attached hydrogens (tertiary/aromatic N) is 1. The van der Waals surface area contributed by atoms with Crippen molar-refractivity contribution in [2.45, 2.75) is 31.5 Å². The third-order valence-electron chi connectivity index (χ3n) is 5.25. The largest absolute Gasteiger partial charge is 0.497 e. The summed E-state index contributed by atoms with van der Waals surface area (Å²) in [6.45, 7) is 1.88. The van der Waals surface area contributed by atoms with Crippen LogP contribution in [0.4, 0.5) is 0 Å². The summed E-state index contributed by atoms with van der Waals surface area (Å²) >= 11 is 0. The van der Waals surface area contributed by atoms with Crippen molar-refractivity contribution in [1.29, 1.82) is 0 Å². The minimum Gasteiger partial charge on any atom is -0.497 e. The number of hydrogen-bond donors (Lipinski definition) is 3. The Labute approximate surface area is 181 Å². The summed E-state index contributed by atoms with van der Waals surface area (Å²) in [5.74, 6) is 0.422. The molecule has 1 saturated heterocycles. The number of carbonyl (C=O) groups excluding carboxylic acids is 2. The number of ether oxygens (including phenoxy) is 2. The molecule has 4 N–H and O–H groups in total. The van der Waals surface area contributed by atoms with Crippen LogP contribution in [0.15, 0.2) is 48.5 Å². The van der Waals surface area contributed by atoms with E-state index in [1.807, 2.05) is 24.3 Å². The predicted octanol–water partition coefficient (Wildman–Crippen LogP) is 1.31. The van der Waals surface area contributed by atoms with Crippen molar-refractivity contribution >= 4 is 11.8 Å². The number of methoxy groups -OCH3 is 1. The number of nitrogens with one attached hydrogen (secondary N) is 1. The average Bonchev–Trinajstić information content (AvgIpc) is 2.93. The second-order valence-corrected chi connectivity index (χ2v) is 7.66. The zero-order chi connectivity index (χ0) is 22.2. The minimum absolute atomic E-state index is 0.219. The lowest BCUT2D eigenvalue weighted by Gasteiger charge is -2.27. The van der Waals surface area contributed by atoms with Crippen LogP contribution in [-0.4, -0.2) is 60.8 Å². The molecular weight excluding hydrogens is 398 g/mol. The summed E-state index contributed by atoms with van der Waals surface area (Å²) in [5, 5.41) is 13.5. The first-order valence-electron chi connectivity index (χ1n) is 10.3. The van der Waals surface area contributed by atoms with Gasteiger partial charge < -0.3 is 25.6 Å². The number of rotatable bonds is 8. The highest BCUT2D eigenvalue weighted by molar-refractivity contribution is 5.94. The van der Waals surface area contributed by atoms with Gasteiger partial charge in [0.2, 0.25) is 0 Å². The molecule has 0 aromatic heterocycles. The number of aliphatic hydroxyl groups is 1. The molecule has 0 bridgehead atoms. The molecule has 1 aliphatic rings. The molecule has 0 saturated carbocycles. The smallest absolute Gasteiger partial charge is 0.255 e. The first-order valence-corrected chi connectivity index (χ1v) is 10.3. The van der Waals surface area contributed by atoms with E-state index in [0.717, 1.165) is 24.3 Å². The van der Waals surface area contributed by atoms with Gasteiger partial charge in [-0.1, -0.05) is 12.1 Å². The maximum atomic E-state index is 12.7. The molecule has 2 aromatic rings. The van der Waals surface area contributed by atoms with E-state index in [4.69, 9.17) is 15.2 Å². The summed E-state index contributed by atoms with van der Waals surface area (Å²) in [4.78, 5) is 25.8. The summed E-state index contributed by atoms with van der Waals surface area (Å²) in [7, 11) is 1.64. The topological polar surface area (TPSA) is 114 Å². The molecule has 8 nitrogen and oxygen atoms in total. The Hall–Kier alpha value is -3.10. The summed E-state index contributed by atoms with van der Waals surface area (Å²) in [5.41, 5.74) is 6.63. The number of amides is 2. The standard InChI is InChI=1S/C23H29N3O5/c1-30-19-5-2-4-16(12-19)13-26-11-3-6-21(27)20(14-26)25-23(29)17-7-9-18(10-8-17)31-15-22(24)28/h2,4-5,7-10,12,20-21,27H,3,6,11,13-15H2,1H3,(H2,24,28)(H,25,29)/t20-,21-/m1/s1. The van der Waals surface area contributed by atoms with Gasteiger partial charge in [0.05, 0.1) is 19.3 Å². The number of hydrogen-bond acceptors (Lipinski definition) is 6. The number of nitrogens with two attached hydrogens (primary N) is 1. The maximum Gasteiger partial charge on any atom is 0.255 e. The molecule has 1 heterocycles. The lowest BCUT2D eigenvalue weighted by atomic mass is 10.1. The lowest BCUT2D eigenvalue weighted by molar-refractivity contribution is -0.119. The quantitative estimate of drug-likeness (QED) is 0.585. The Morgan fingerprint density at radius 2 is 1.97 bits per heavy atom. The van der Waals surface area contributed by atoms with Crippen LogP contribution in [0.5, 0.6) is 11.5 Å². The van der Waals surface area contributed by atoms with E-state index < -0.39 is 12.0 Å². The summed E-state index contributed by atoms with van der Waals surface area (Å²) in [6.07, 6.45) is 0.862. The molecule has 2 atom stereocenters. The van der Waals surface area contributed by atoms with E-state index in [-0.39, 0.29) is 18.6 Å².